The summed E-state index contributed by atoms with van der Waals surface area (Å²) in [5, 5.41) is 6.14. The highest BCUT2D eigenvalue weighted by molar-refractivity contribution is 6.11. The molecule has 1 aliphatic heterocycles. The van der Waals surface area contributed by atoms with Gasteiger partial charge in [0.2, 0.25) is 5.91 Å². The van der Waals surface area contributed by atoms with E-state index in [0.717, 1.165) is 29.7 Å². The number of amides is 1. The second kappa shape index (κ2) is 7.95. The smallest absolute Gasteiger partial charge is 0.248 e. The quantitative estimate of drug-likeness (QED) is 0.772. The first kappa shape index (κ1) is 19.6. The Bertz CT molecular complexity index is 957. The zero-order valence-corrected chi connectivity index (χ0v) is 17.1. The Kier molecular flexibility index (Phi) is 5.37. The molecule has 1 aliphatic carbocycles. The van der Waals surface area contributed by atoms with Crippen LogP contribution in [0.5, 0.6) is 5.75 Å². The van der Waals surface area contributed by atoms with Crippen molar-refractivity contribution < 1.29 is 13.9 Å². The molecule has 2 unspecified atom stereocenters. The average molecular weight is 395 g/mol. The molecule has 0 radical (unpaired) electrons. The van der Waals surface area contributed by atoms with Crippen molar-refractivity contribution in [1.82, 2.24) is 4.90 Å². The number of anilines is 1. The van der Waals surface area contributed by atoms with Crippen LogP contribution in [-0.2, 0) is 11.2 Å². The number of hydrazone groups is 1. The molecule has 1 heterocycles. The summed E-state index contributed by atoms with van der Waals surface area (Å²) in [5.41, 5.74) is 3.32. The molecule has 1 amide bonds. The maximum atomic E-state index is 13.9. The number of nitrogens with zero attached hydrogens (tertiary/aromatic N) is 3. The molecule has 0 aromatic heterocycles. The molecule has 0 saturated heterocycles. The first-order chi connectivity index (χ1) is 13.9. The van der Waals surface area contributed by atoms with Crippen LogP contribution in [0.3, 0.4) is 0 Å². The predicted molar refractivity (Wildman–Crippen MR) is 112 cm³/mol. The highest BCUT2D eigenvalue weighted by atomic mass is 19.1. The SMILES string of the molecule is CC(COc1ccccc1N1N=C2c3cc(F)ccc3CCC2CC1=O)N(C)C. The summed E-state index contributed by atoms with van der Waals surface area (Å²) in [4.78, 5) is 15.0. The Morgan fingerprint density at radius 1 is 1.28 bits per heavy atom. The molecule has 0 bridgehead atoms. The van der Waals surface area contributed by atoms with Gasteiger partial charge in [-0.1, -0.05) is 18.2 Å². The molecular formula is C23H26FN3O2. The van der Waals surface area contributed by atoms with Crippen LogP contribution in [0.4, 0.5) is 10.1 Å². The van der Waals surface area contributed by atoms with Gasteiger partial charge in [0.1, 0.15) is 23.9 Å². The lowest BCUT2D eigenvalue weighted by Gasteiger charge is -2.34. The lowest BCUT2D eigenvalue weighted by molar-refractivity contribution is -0.119. The van der Waals surface area contributed by atoms with Crippen LogP contribution < -0.4 is 9.75 Å². The van der Waals surface area contributed by atoms with Gasteiger partial charge in [0, 0.05) is 23.9 Å². The molecule has 4 rings (SSSR count). The fourth-order valence-corrected chi connectivity index (χ4v) is 3.79. The van der Waals surface area contributed by atoms with Gasteiger partial charge in [0.15, 0.2) is 0 Å². The highest BCUT2D eigenvalue weighted by Gasteiger charge is 2.35. The van der Waals surface area contributed by atoms with E-state index < -0.39 is 0 Å². The van der Waals surface area contributed by atoms with Gasteiger partial charge >= 0.3 is 0 Å². The van der Waals surface area contributed by atoms with E-state index >= 15 is 0 Å². The summed E-state index contributed by atoms with van der Waals surface area (Å²) in [6.07, 6.45) is 2.07. The van der Waals surface area contributed by atoms with E-state index in [1.807, 2.05) is 44.4 Å². The number of carbonyl (C=O) groups is 1. The van der Waals surface area contributed by atoms with E-state index in [4.69, 9.17) is 9.84 Å². The second-order valence-electron chi connectivity index (χ2n) is 8.02. The van der Waals surface area contributed by atoms with Crippen molar-refractivity contribution in [2.75, 3.05) is 25.7 Å². The fourth-order valence-electron chi connectivity index (χ4n) is 3.79. The van der Waals surface area contributed by atoms with Gasteiger partial charge in [-0.25, -0.2) is 4.39 Å². The lowest BCUT2D eigenvalue weighted by Crippen LogP contribution is -2.39. The van der Waals surface area contributed by atoms with E-state index in [9.17, 15) is 9.18 Å². The number of para-hydroxylation sites is 2. The average Bonchev–Trinajstić information content (AvgIpc) is 2.71. The molecule has 152 valence electrons. The fraction of sp³-hybridized carbons (Fsp3) is 0.391. The molecule has 2 aromatic carbocycles. The lowest BCUT2D eigenvalue weighted by atomic mass is 9.79. The Balaban J connectivity index is 1.69. The van der Waals surface area contributed by atoms with Crippen molar-refractivity contribution in [3.63, 3.8) is 0 Å². The van der Waals surface area contributed by atoms with Crippen LogP contribution in [0.1, 0.15) is 30.9 Å². The standard InChI is InChI=1S/C23H26FN3O2/c1-15(26(2)3)14-29-21-7-5-4-6-20(21)27-22(28)12-17-9-8-16-10-11-18(24)13-19(16)23(17)25-27/h4-7,10-11,13,15,17H,8-9,12,14H2,1-3H3. The largest absolute Gasteiger partial charge is 0.490 e. The van der Waals surface area contributed by atoms with Crippen LogP contribution >= 0.6 is 0 Å². The molecule has 2 atom stereocenters. The molecule has 29 heavy (non-hydrogen) atoms. The summed E-state index contributed by atoms with van der Waals surface area (Å²) < 4.78 is 19.9. The normalized spacial score (nSPS) is 19.5. The second-order valence-corrected chi connectivity index (χ2v) is 8.02. The zero-order chi connectivity index (χ0) is 20.5. The number of hydrogen-bond acceptors (Lipinski definition) is 4. The van der Waals surface area contributed by atoms with Gasteiger partial charge in [0.05, 0.1) is 5.71 Å². The molecule has 2 aromatic rings. The number of ether oxygens (including phenoxy) is 1. The number of halogens is 1. The Labute approximate surface area is 170 Å². The van der Waals surface area contributed by atoms with E-state index in [1.54, 1.807) is 0 Å². The van der Waals surface area contributed by atoms with E-state index in [1.165, 1.54) is 17.1 Å². The molecule has 0 fully saturated rings. The van der Waals surface area contributed by atoms with Gasteiger partial charge in [0.25, 0.3) is 0 Å². The predicted octanol–water partition coefficient (Wildman–Crippen LogP) is 3.86. The number of rotatable bonds is 5. The summed E-state index contributed by atoms with van der Waals surface area (Å²) >= 11 is 0. The zero-order valence-electron chi connectivity index (χ0n) is 17.1. The molecule has 5 nitrogen and oxygen atoms in total. The van der Waals surface area contributed by atoms with Crippen molar-refractivity contribution >= 4 is 17.3 Å². The van der Waals surface area contributed by atoms with Crippen LogP contribution in [-0.4, -0.2) is 43.3 Å². The van der Waals surface area contributed by atoms with E-state index in [2.05, 4.69) is 11.8 Å². The van der Waals surface area contributed by atoms with Crippen molar-refractivity contribution in [1.29, 1.82) is 0 Å². The van der Waals surface area contributed by atoms with Crippen molar-refractivity contribution in [3.8, 4) is 5.75 Å². The Morgan fingerprint density at radius 3 is 2.86 bits per heavy atom. The third-order valence-corrected chi connectivity index (χ3v) is 5.82. The third kappa shape index (κ3) is 3.90. The monoisotopic (exact) mass is 395 g/mol. The summed E-state index contributed by atoms with van der Waals surface area (Å²) in [5.74, 6) is 0.315. The molecule has 0 N–H and O–H groups in total. The molecule has 2 aliphatic rings. The molecule has 0 saturated carbocycles. The third-order valence-electron chi connectivity index (χ3n) is 5.82. The summed E-state index contributed by atoms with van der Waals surface area (Å²) in [6, 6.07) is 12.5. The molecular weight excluding hydrogens is 369 g/mol. The van der Waals surface area contributed by atoms with Crippen LogP contribution in [0.2, 0.25) is 0 Å². The number of aryl methyl sites for hydroxylation is 1. The van der Waals surface area contributed by atoms with Gasteiger partial charge in [-0.3, -0.25) is 4.79 Å². The number of likely N-dealkylation sites (N-methyl/N-ethyl adjacent to an activating group) is 1. The van der Waals surface area contributed by atoms with E-state index in [0.29, 0.717) is 24.5 Å². The Hall–Kier alpha value is -2.73. The minimum absolute atomic E-state index is 0.0369. The first-order valence-corrected chi connectivity index (χ1v) is 10.0. The molecule has 6 heteroatoms. The number of benzene rings is 2. The number of carbonyl (C=O) groups excluding carboxylic acids is 1. The first-order valence-electron chi connectivity index (χ1n) is 10.0. The minimum atomic E-state index is -0.281. The maximum absolute atomic E-state index is 13.9. The highest BCUT2D eigenvalue weighted by Crippen LogP contribution is 2.36. The maximum Gasteiger partial charge on any atom is 0.248 e. The van der Waals surface area contributed by atoms with Crippen molar-refractivity contribution in [2.24, 2.45) is 11.0 Å². The Morgan fingerprint density at radius 2 is 2.07 bits per heavy atom. The summed E-state index contributed by atoms with van der Waals surface area (Å²) in [7, 11) is 4.00. The van der Waals surface area contributed by atoms with Crippen LogP contribution in [0, 0.1) is 11.7 Å². The molecule has 0 spiro atoms. The van der Waals surface area contributed by atoms with Gasteiger partial charge in [-0.2, -0.15) is 10.1 Å². The van der Waals surface area contributed by atoms with Crippen molar-refractivity contribution in [2.45, 2.75) is 32.2 Å². The summed E-state index contributed by atoms with van der Waals surface area (Å²) in [6.45, 7) is 2.58. The minimum Gasteiger partial charge on any atom is -0.490 e. The van der Waals surface area contributed by atoms with Gasteiger partial charge in [-0.05, 0) is 63.7 Å². The van der Waals surface area contributed by atoms with Crippen LogP contribution in [0.25, 0.3) is 0 Å². The number of hydrogen-bond donors (Lipinski definition) is 0. The van der Waals surface area contributed by atoms with Crippen molar-refractivity contribution in [3.05, 3.63) is 59.4 Å². The topological polar surface area (TPSA) is 45.1 Å². The van der Waals surface area contributed by atoms with Gasteiger partial charge < -0.3 is 9.64 Å². The number of fused-ring (bicyclic) bond motifs is 3. The van der Waals surface area contributed by atoms with Crippen LogP contribution in [0.15, 0.2) is 47.6 Å². The van der Waals surface area contributed by atoms with Gasteiger partial charge in [-0.15, -0.1) is 0 Å². The van der Waals surface area contributed by atoms with E-state index in [-0.39, 0.29) is 23.7 Å².